The van der Waals surface area contributed by atoms with Gasteiger partial charge in [0.15, 0.2) is 9.84 Å². The van der Waals surface area contributed by atoms with E-state index in [0.717, 1.165) is 17.4 Å². The summed E-state index contributed by atoms with van der Waals surface area (Å²) in [7, 11) is -3.51. The van der Waals surface area contributed by atoms with Crippen molar-refractivity contribution in [3.8, 4) is 0 Å². The van der Waals surface area contributed by atoms with Crippen molar-refractivity contribution in [2.75, 3.05) is 11.6 Å². The van der Waals surface area contributed by atoms with Gasteiger partial charge in [-0.05, 0) is 55.7 Å². The number of ether oxygens (including phenoxy) is 1. The molecule has 0 fully saturated rings. The number of sulfone groups is 1. The fourth-order valence-electron chi connectivity index (χ4n) is 3.19. The summed E-state index contributed by atoms with van der Waals surface area (Å²) >= 11 is 0. The Kier molecular flexibility index (Phi) is 6.79. The molecule has 0 aliphatic rings. The van der Waals surface area contributed by atoms with Crippen LogP contribution >= 0.6 is 0 Å². The van der Waals surface area contributed by atoms with Crippen LogP contribution in [0.3, 0.4) is 0 Å². The monoisotopic (exact) mass is 451 g/mol. The van der Waals surface area contributed by atoms with Gasteiger partial charge in [0.2, 0.25) is 6.10 Å². The van der Waals surface area contributed by atoms with Crippen LogP contribution in [0.4, 0.5) is 5.69 Å². The second-order valence-electron chi connectivity index (χ2n) is 7.75. The molecule has 1 N–H and O–H groups in total. The standard InChI is InChI=1S/C25H25NO5S/c1-16-10-11-18(3)22(14-16)26-24(27)23(19-8-6-5-7-9-19)31-25(28)21-15-20(32(4,29)30)13-12-17(21)2/h5-15,23H,1-4H3,(H,26,27). The molecule has 0 saturated heterocycles. The number of hydrogen-bond acceptors (Lipinski definition) is 5. The molecule has 1 atom stereocenters. The third kappa shape index (κ3) is 5.42. The van der Waals surface area contributed by atoms with Crippen molar-refractivity contribution in [1.82, 2.24) is 0 Å². The number of benzene rings is 3. The van der Waals surface area contributed by atoms with Gasteiger partial charge in [0.05, 0.1) is 10.5 Å². The van der Waals surface area contributed by atoms with Gasteiger partial charge in [0.1, 0.15) is 0 Å². The Labute approximate surface area is 188 Å². The largest absolute Gasteiger partial charge is 0.444 e. The molecule has 0 aromatic heterocycles. The minimum absolute atomic E-state index is 0.00569. The number of amides is 1. The lowest BCUT2D eigenvalue weighted by atomic mass is 10.1. The average Bonchev–Trinajstić information content (AvgIpc) is 2.74. The van der Waals surface area contributed by atoms with Gasteiger partial charge in [-0.15, -0.1) is 0 Å². The van der Waals surface area contributed by atoms with E-state index in [2.05, 4.69) is 5.32 Å². The van der Waals surface area contributed by atoms with Crippen molar-refractivity contribution >= 4 is 27.4 Å². The molecule has 0 radical (unpaired) electrons. The number of anilines is 1. The second-order valence-corrected chi connectivity index (χ2v) is 9.77. The molecule has 3 aromatic rings. The van der Waals surface area contributed by atoms with Crippen molar-refractivity contribution in [2.45, 2.75) is 31.8 Å². The molecule has 3 rings (SSSR count). The third-order valence-corrected chi connectivity index (χ3v) is 6.18. The Morgan fingerprint density at radius 2 is 1.53 bits per heavy atom. The Morgan fingerprint density at radius 1 is 0.875 bits per heavy atom. The molecule has 0 spiro atoms. The Hall–Kier alpha value is -3.45. The van der Waals surface area contributed by atoms with Crippen LogP contribution in [0.2, 0.25) is 0 Å². The Bertz CT molecular complexity index is 1270. The lowest BCUT2D eigenvalue weighted by molar-refractivity contribution is -0.125. The summed E-state index contributed by atoms with van der Waals surface area (Å²) in [6.07, 6.45) is -0.151. The highest BCUT2D eigenvalue weighted by Crippen LogP contribution is 2.25. The van der Waals surface area contributed by atoms with Crippen molar-refractivity contribution in [3.05, 3.63) is 94.5 Å². The molecule has 0 heterocycles. The molecule has 1 amide bonds. The zero-order valence-electron chi connectivity index (χ0n) is 18.4. The van der Waals surface area contributed by atoms with Crippen LogP contribution < -0.4 is 5.32 Å². The van der Waals surface area contributed by atoms with Crippen LogP contribution in [0.1, 0.15) is 38.7 Å². The topological polar surface area (TPSA) is 89.5 Å². The van der Waals surface area contributed by atoms with Gasteiger partial charge < -0.3 is 10.1 Å². The predicted molar refractivity (Wildman–Crippen MR) is 123 cm³/mol. The maximum Gasteiger partial charge on any atom is 0.339 e. The summed E-state index contributed by atoms with van der Waals surface area (Å²) in [5.41, 5.74) is 3.62. The first-order valence-corrected chi connectivity index (χ1v) is 11.9. The highest BCUT2D eigenvalue weighted by atomic mass is 32.2. The number of nitrogens with one attached hydrogen (secondary N) is 1. The zero-order chi connectivity index (χ0) is 23.5. The molecular formula is C25H25NO5S. The normalized spacial score (nSPS) is 12.1. The molecule has 6 nitrogen and oxygen atoms in total. The van der Waals surface area contributed by atoms with E-state index in [1.165, 1.54) is 12.1 Å². The summed E-state index contributed by atoms with van der Waals surface area (Å²) in [4.78, 5) is 26.2. The summed E-state index contributed by atoms with van der Waals surface area (Å²) in [5.74, 6) is -1.28. The highest BCUT2D eigenvalue weighted by Gasteiger charge is 2.27. The van der Waals surface area contributed by atoms with Gasteiger partial charge in [-0.25, -0.2) is 13.2 Å². The lowest BCUT2D eigenvalue weighted by Crippen LogP contribution is -2.26. The van der Waals surface area contributed by atoms with Gasteiger partial charge in [0.25, 0.3) is 5.91 Å². The number of esters is 1. The predicted octanol–water partition coefficient (Wildman–Crippen LogP) is 4.55. The number of carbonyl (C=O) groups is 2. The van der Waals surface area contributed by atoms with Crippen LogP contribution in [0, 0.1) is 20.8 Å². The molecule has 7 heteroatoms. The van der Waals surface area contributed by atoms with Crippen LogP contribution in [0.15, 0.2) is 71.6 Å². The van der Waals surface area contributed by atoms with E-state index in [4.69, 9.17) is 4.74 Å². The van der Waals surface area contributed by atoms with Gasteiger partial charge in [-0.3, -0.25) is 4.79 Å². The first kappa shape index (κ1) is 23.2. The van der Waals surface area contributed by atoms with Gasteiger partial charge >= 0.3 is 5.97 Å². The lowest BCUT2D eigenvalue weighted by Gasteiger charge is -2.20. The van der Waals surface area contributed by atoms with E-state index >= 15 is 0 Å². The van der Waals surface area contributed by atoms with E-state index in [9.17, 15) is 18.0 Å². The molecule has 0 aliphatic carbocycles. The Morgan fingerprint density at radius 3 is 2.19 bits per heavy atom. The molecule has 32 heavy (non-hydrogen) atoms. The van der Waals surface area contributed by atoms with E-state index in [-0.39, 0.29) is 10.5 Å². The minimum Gasteiger partial charge on any atom is -0.444 e. The SMILES string of the molecule is Cc1ccc(C)c(NC(=O)C(OC(=O)c2cc(S(C)(=O)=O)ccc2C)c2ccccc2)c1. The van der Waals surface area contributed by atoms with Gasteiger partial charge in [0, 0.05) is 17.5 Å². The van der Waals surface area contributed by atoms with Gasteiger partial charge in [-0.2, -0.15) is 0 Å². The molecule has 166 valence electrons. The molecular weight excluding hydrogens is 426 g/mol. The van der Waals surface area contributed by atoms with Crippen LogP contribution in [0.25, 0.3) is 0 Å². The number of rotatable bonds is 6. The van der Waals surface area contributed by atoms with Crippen LogP contribution in [0.5, 0.6) is 0 Å². The summed E-state index contributed by atoms with van der Waals surface area (Å²) < 4.78 is 29.5. The fourth-order valence-corrected chi connectivity index (χ4v) is 3.84. The zero-order valence-corrected chi connectivity index (χ0v) is 19.2. The smallest absolute Gasteiger partial charge is 0.339 e. The van der Waals surface area contributed by atoms with Crippen LogP contribution in [-0.4, -0.2) is 26.6 Å². The first-order valence-electron chi connectivity index (χ1n) is 10.0. The maximum absolute atomic E-state index is 13.2. The quantitative estimate of drug-likeness (QED) is 0.555. The van der Waals surface area contributed by atoms with E-state index < -0.39 is 27.8 Å². The second kappa shape index (κ2) is 9.36. The van der Waals surface area contributed by atoms with E-state index in [1.807, 2.05) is 32.0 Å². The highest BCUT2D eigenvalue weighted by molar-refractivity contribution is 7.90. The minimum atomic E-state index is -3.51. The summed E-state index contributed by atoms with van der Waals surface area (Å²) in [6.45, 7) is 5.47. The summed E-state index contributed by atoms with van der Waals surface area (Å²) in [6, 6.07) is 18.6. The van der Waals surface area contributed by atoms with Crippen molar-refractivity contribution in [1.29, 1.82) is 0 Å². The number of aryl methyl sites for hydroxylation is 3. The third-order valence-electron chi connectivity index (χ3n) is 5.07. The van der Waals surface area contributed by atoms with Crippen molar-refractivity contribution in [2.24, 2.45) is 0 Å². The van der Waals surface area contributed by atoms with E-state index in [1.54, 1.807) is 43.3 Å². The van der Waals surface area contributed by atoms with Crippen molar-refractivity contribution in [3.63, 3.8) is 0 Å². The van der Waals surface area contributed by atoms with Gasteiger partial charge in [-0.1, -0.05) is 48.5 Å². The first-order chi connectivity index (χ1) is 15.1. The molecule has 1 unspecified atom stereocenters. The Balaban J connectivity index is 1.95. The number of carbonyl (C=O) groups excluding carboxylic acids is 2. The summed E-state index contributed by atoms with van der Waals surface area (Å²) in [5, 5.41) is 2.84. The molecule has 0 aliphatic heterocycles. The van der Waals surface area contributed by atoms with Crippen LogP contribution in [-0.2, 0) is 19.4 Å². The molecule has 0 saturated carbocycles. The van der Waals surface area contributed by atoms with Crippen molar-refractivity contribution < 1.29 is 22.7 Å². The molecule has 3 aromatic carbocycles. The molecule has 0 bridgehead atoms. The van der Waals surface area contributed by atoms with E-state index in [0.29, 0.717) is 16.8 Å². The fraction of sp³-hybridized carbons (Fsp3) is 0.200. The average molecular weight is 452 g/mol. The maximum atomic E-state index is 13.2. The number of hydrogen-bond donors (Lipinski definition) is 1.